The Balaban J connectivity index is 0.00000341. The van der Waals surface area contributed by atoms with Gasteiger partial charge in [0.15, 0.2) is 11.5 Å². The minimum Gasteiger partial charge on any atom is -0.493 e. The summed E-state index contributed by atoms with van der Waals surface area (Å²) < 4.78 is 16.5. The number of carbonyl (C=O) groups excluding carboxylic acids is 2. The van der Waals surface area contributed by atoms with Crippen molar-refractivity contribution in [2.24, 2.45) is 5.73 Å². The highest BCUT2D eigenvalue weighted by molar-refractivity contribution is 8.24. The first kappa shape index (κ1) is 24.9. The molecule has 0 bridgehead atoms. The van der Waals surface area contributed by atoms with E-state index in [2.05, 4.69) is 10.1 Å². The zero-order valence-electron chi connectivity index (χ0n) is 17.0. The molecule has 1 aliphatic heterocycles. The molecular weight excluding hydrogens is 460 g/mol. The summed E-state index contributed by atoms with van der Waals surface area (Å²) in [5.74, 6) is 1.22. The highest BCUT2D eigenvalue weighted by atomic mass is 35.5. The minimum atomic E-state index is -0.705. The van der Waals surface area contributed by atoms with Crippen LogP contribution in [0.2, 0.25) is 0 Å². The molecule has 1 fully saturated rings. The number of halogens is 1. The first-order valence-corrected chi connectivity index (χ1v) is 10.5. The summed E-state index contributed by atoms with van der Waals surface area (Å²) in [5.41, 5.74) is 7.64. The van der Waals surface area contributed by atoms with Crippen LogP contribution >= 0.6 is 36.4 Å². The third-order valence-corrected chi connectivity index (χ3v) is 5.90. The van der Waals surface area contributed by atoms with Crippen LogP contribution in [-0.2, 0) is 27.2 Å². The number of esters is 1. The molecule has 166 valence electrons. The van der Waals surface area contributed by atoms with Crippen LogP contribution in [0.15, 0.2) is 42.5 Å². The van der Waals surface area contributed by atoms with E-state index in [1.54, 1.807) is 19.2 Å². The lowest BCUT2D eigenvalue weighted by Gasteiger charge is -2.14. The number of rotatable bonds is 8. The Morgan fingerprint density at radius 1 is 1.16 bits per heavy atom. The molecule has 3 rings (SSSR count). The number of ether oxygens (including phenoxy) is 3. The second-order valence-electron chi connectivity index (χ2n) is 6.65. The molecule has 0 saturated carbocycles. The zero-order valence-corrected chi connectivity index (χ0v) is 19.4. The lowest BCUT2D eigenvalue weighted by molar-refractivity contribution is -0.142. The third kappa shape index (κ3) is 6.57. The van der Waals surface area contributed by atoms with Gasteiger partial charge in [0.25, 0.3) is 0 Å². The van der Waals surface area contributed by atoms with Crippen molar-refractivity contribution in [1.82, 2.24) is 5.32 Å². The maximum absolute atomic E-state index is 11.9. The maximum atomic E-state index is 11.9. The fourth-order valence-electron chi connectivity index (χ4n) is 2.97. The molecule has 1 saturated heterocycles. The Hall–Kier alpha value is -2.33. The molecule has 10 heteroatoms. The number of carbonyl (C=O) groups is 2. The second-order valence-corrected chi connectivity index (χ2v) is 8.53. The Bertz CT molecular complexity index is 955. The van der Waals surface area contributed by atoms with Crippen molar-refractivity contribution in [3.05, 3.63) is 53.6 Å². The number of benzene rings is 2. The van der Waals surface area contributed by atoms with E-state index >= 15 is 0 Å². The summed E-state index contributed by atoms with van der Waals surface area (Å²) >= 11 is 6.40. The van der Waals surface area contributed by atoms with Crippen molar-refractivity contribution in [3.63, 3.8) is 0 Å². The van der Waals surface area contributed by atoms with Gasteiger partial charge in [-0.05, 0) is 48.2 Å². The smallest absolute Gasteiger partial charge is 0.322 e. The monoisotopic (exact) mass is 482 g/mol. The minimum absolute atomic E-state index is 0. The normalized spacial score (nSPS) is 16.2. The summed E-state index contributed by atoms with van der Waals surface area (Å²) in [5, 5.41) is 2.41. The summed E-state index contributed by atoms with van der Waals surface area (Å²) in [4.78, 5) is 23.3. The fourth-order valence-corrected chi connectivity index (χ4v) is 4.28. The van der Waals surface area contributed by atoms with Gasteiger partial charge in [0.1, 0.15) is 16.1 Å². The van der Waals surface area contributed by atoms with Crippen molar-refractivity contribution < 1.29 is 23.8 Å². The van der Waals surface area contributed by atoms with E-state index in [0.29, 0.717) is 34.4 Å². The van der Waals surface area contributed by atoms with Crippen LogP contribution in [0, 0.1) is 0 Å². The van der Waals surface area contributed by atoms with E-state index in [-0.39, 0.29) is 23.6 Å². The number of nitrogens with one attached hydrogen (secondary N) is 1. The van der Waals surface area contributed by atoms with Crippen LogP contribution in [0.4, 0.5) is 0 Å². The lowest BCUT2D eigenvalue weighted by Crippen LogP contribution is -2.33. The van der Waals surface area contributed by atoms with Crippen LogP contribution in [0.3, 0.4) is 0 Å². The molecule has 2 atom stereocenters. The Morgan fingerprint density at radius 2 is 1.84 bits per heavy atom. The second kappa shape index (κ2) is 11.3. The van der Waals surface area contributed by atoms with Crippen LogP contribution in [-0.4, -0.2) is 41.7 Å². The van der Waals surface area contributed by atoms with Crippen molar-refractivity contribution >= 4 is 52.6 Å². The van der Waals surface area contributed by atoms with Crippen LogP contribution in [0.5, 0.6) is 17.2 Å². The van der Waals surface area contributed by atoms with E-state index in [0.717, 1.165) is 11.1 Å². The quantitative estimate of drug-likeness (QED) is 0.437. The van der Waals surface area contributed by atoms with Gasteiger partial charge in [-0.1, -0.05) is 42.2 Å². The van der Waals surface area contributed by atoms with Crippen molar-refractivity contribution in [2.45, 2.75) is 24.1 Å². The van der Waals surface area contributed by atoms with Crippen molar-refractivity contribution in [3.8, 4) is 17.2 Å². The van der Waals surface area contributed by atoms with Gasteiger partial charge in [0.05, 0.1) is 19.5 Å². The molecular formula is C21H23ClN2O5S2. The first-order valence-electron chi connectivity index (χ1n) is 9.18. The average Bonchev–Trinajstić information content (AvgIpc) is 3.06. The number of hydrogen-bond acceptors (Lipinski definition) is 8. The fraction of sp³-hybridized carbons (Fsp3) is 0.286. The SMILES string of the molecule is COC(=O)[C@@H](N)Cc1ccc(Oc2ccc(CC3SC(=S)NC3=O)cc2OC)cc1.Cl. The molecule has 0 spiro atoms. The molecule has 3 N–H and O–H groups in total. The molecule has 0 aliphatic carbocycles. The van der Waals surface area contributed by atoms with Crippen LogP contribution < -0.4 is 20.5 Å². The molecule has 31 heavy (non-hydrogen) atoms. The number of methoxy groups -OCH3 is 2. The molecule has 1 aliphatic rings. The van der Waals surface area contributed by atoms with Crippen molar-refractivity contribution in [2.75, 3.05) is 14.2 Å². The van der Waals surface area contributed by atoms with Gasteiger partial charge in [-0.15, -0.1) is 12.4 Å². The van der Waals surface area contributed by atoms with E-state index < -0.39 is 12.0 Å². The third-order valence-electron chi connectivity index (χ3n) is 4.53. The van der Waals surface area contributed by atoms with Gasteiger partial charge in [0, 0.05) is 0 Å². The number of thiocarbonyl (C=S) groups is 1. The zero-order chi connectivity index (χ0) is 21.7. The standard InChI is InChI=1S/C21H22N2O5S2.ClH/c1-26-17-10-13(11-18-19(24)23-21(29)30-18)5-8-16(17)28-14-6-3-12(4-7-14)9-15(22)20(25)27-2;/h3-8,10,15,18H,9,11,22H2,1-2H3,(H,23,24,29);1H/t15-,18?;/m0./s1. The summed E-state index contributed by atoms with van der Waals surface area (Å²) in [6.45, 7) is 0. The van der Waals surface area contributed by atoms with E-state index in [4.69, 9.17) is 27.4 Å². The molecule has 0 aromatic heterocycles. The largest absolute Gasteiger partial charge is 0.493 e. The maximum Gasteiger partial charge on any atom is 0.322 e. The highest BCUT2D eigenvalue weighted by Gasteiger charge is 2.29. The van der Waals surface area contributed by atoms with Gasteiger partial charge < -0.3 is 25.3 Å². The Labute approximate surface area is 196 Å². The number of nitrogens with two attached hydrogens (primary N) is 1. The van der Waals surface area contributed by atoms with Crippen LogP contribution in [0.25, 0.3) is 0 Å². The predicted molar refractivity (Wildman–Crippen MR) is 126 cm³/mol. The lowest BCUT2D eigenvalue weighted by atomic mass is 10.1. The highest BCUT2D eigenvalue weighted by Crippen LogP contribution is 2.34. The number of amides is 1. The number of hydrogen-bond donors (Lipinski definition) is 2. The molecule has 1 heterocycles. The van der Waals surface area contributed by atoms with E-state index in [1.165, 1.54) is 18.9 Å². The first-order chi connectivity index (χ1) is 14.4. The molecule has 2 aromatic carbocycles. The Morgan fingerprint density at radius 3 is 2.42 bits per heavy atom. The molecule has 1 unspecified atom stereocenters. The van der Waals surface area contributed by atoms with Gasteiger partial charge in [-0.25, -0.2) is 0 Å². The molecule has 0 radical (unpaired) electrons. The van der Waals surface area contributed by atoms with Crippen LogP contribution in [0.1, 0.15) is 11.1 Å². The predicted octanol–water partition coefficient (Wildman–Crippen LogP) is 3.01. The molecule has 1 amide bonds. The van der Waals surface area contributed by atoms with Crippen molar-refractivity contribution in [1.29, 1.82) is 0 Å². The summed E-state index contributed by atoms with van der Waals surface area (Å²) in [6, 6.07) is 12.1. The van der Waals surface area contributed by atoms with E-state index in [9.17, 15) is 9.59 Å². The molecule has 2 aromatic rings. The summed E-state index contributed by atoms with van der Waals surface area (Å²) in [7, 11) is 2.88. The van der Waals surface area contributed by atoms with E-state index in [1.807, 2.05) is 30.3 Å². The Kier molecular flexibility index (Phi) is 9.12. The van der Waals surface area contributed by atoms with Gasteiger partial charge in [-0.3, -0.25) is 9.59 Å². The van der Waals surface area contributed by atoms with Gasteiger partial charge in [-0.2, -0.15) is 0 Å². The average molecular weight is 483 g/mol. The molecule has 7 nitrogen and oxygen atoms in total. The summed E-state index contributed by atoms with van der Waals surface area (Å²) in [6.07, 6.45) is 0.920. The topological polar surface area (TPSA) is 99.9 Å². The number of thioether (sulfide) groups is 1. The van der Waals surface area contributed by atoms with Gasteiger partial charge >= 0.3 is 5.97 Å². The van der Waals surface area contributed by atoms with Gasteiger partial charge in [0.2, 0.25) is 5.91 Å².